The van der Waals surface area contributed by atoms with Gasteiger partial charge in [0.2, 0.25) is 5.91 Å². The summed E-state index contributed by atoms with van der Waals surface area (Å²) in [6.45, 7) is 4.59. The Morgan fingerprint density at radius 3 is 2.95 bits per heavy atom. The third-order valence-corrected chi connectivity index (χ3v) is 4.93. The van der Waals surface area contributed by atoms with Crippen LogP contribution in [0.15, 0.2) is 47.4 Å². The summed E-state index contributed by atoms with van der Waals surface area (Å²) >= 11 is 1.64. The molecule has 114 valence electrons. The quantitative estimate of drug-likeness (QED) is 0.925. The van der Waals surface area contributed by atoms with Crippen molar-refractivity contribution >= 4 is 23.4 Å². The summed E-state index contributed by atoms with van der Waals surface area (Å²) in [5, 5.41) is 2.92. The number of thioether (sulfide) groups is 1. The lowest BCUT2D eigenvalue weighted by Crippen LogP contribution is -2.24. The largest absolute Gasteiger partial charge is 0.492 e. The average molecular weight is 313 g/mol. The fourth-order valence-corrected chi connectivity index (χ4v) is 3.84. The van der Waals surface area contributed by atoms with Gasteiger partial charge in [0.25, 0.3) is 0 Å². The number of ether oxygens (including phenoxy) is 1. The first kappa shape index (κ1) is 15.0. The molecule has 0 spiro atoms. The van der Waals surface area contributed by atoms with Gasteiger partial charge < -0.3 is 10.1 Å². The monoisotopic (exact) mass is 313 g/mol. The highest BCUT2D eigenvalue weighted by Gasteiger charge is 2.28. The molecule has 3 rings (SSSR count). The van der Waals surface area contributed by atoms with Gasteiger partial charge in [-0.1, -0.05) is 29.8 Å². The Morgan fingerprint density at radius 2 is 2.14 bits per heavy atom. The Balaban J connectivity index is 1.72. The van der Waals surface area contributed by atoms with Gasteiger partial charge in [0.05, 0.1) is 17.5 Å². The van der Waals surface area contributed by atoms with Crippen molar-refractivity contribution in [1.29, 1.82) is 0 Å². The maximum absolute atomic E-state index is 12.5. The lowest BCUT2D eigenvalue weighted by Gasteiger charge is -2.13. The van der Waals surface area contributed by atoms with E-state index in [1.807, 2.05) is 31.2 Å². The molecule has 1 atom stereocenters. The van der Waals surface area contributed by atoms with Crippen LogP contribution in [0.4, 0.5) is 5.69 Å². The number of hydrogen-bond donors (Lipinski definition) is 1. The Kier molecular flexibility index (Phi) is 4.39. The van der Waals surface area contributed by atoms with Gasteiger partial charge >= 0.3 is 0 Å². The van der Waals surface area contributed by atoms with E-state index in [0.29, 0.717) is 6.61 Å². The molecule has 3 nitrogen and oxygen atoms in total. The minimum absolute atomic E-state index is 0.0333. The number of carbonyl (C=O) groups is 1. The summed E-state index contributed by atoms with van der Waals surface area (Å²) in [6, 6.07) is 13.9. The molecule has 0 saturated carbocycles. The third-order valence-electron chi connectivity index (χ3n) is 3.63. The van der Waals surface area contributed by atoms with Crippen LogP contribution in [0.25, 0.3) is 0 Å². The molecule has 0 aromatic heterocycles. The second-order valence-electron chi connectivity index (χ2n) is 5.34. The van der Waals surface area contributed by atoms with Crippen molar-refractivity contribution in [2.75, 3.05) is 11.9 Å². The highest BCUT2D eigenvalue weighted by molar-refractivity contribution is 8.01. The SMILES string of the molecule is CCOc1ccccc1NC(=O)C1Cc2ccc(C)cc2S1. The molecule has 2 aromatic rings. The van der Waals surface area contributed by atoms with Crippen LogP contribution in [-0.2, 0) is 11.2 Å². The van der Waals surface area contributed by atoms with E-state index in [4.69, 9.17) is 4.74 Å². The van der Waals surface area contributed by atoms with Gasteiger partial charge in [0.15, 0.2) is 0 Å². The molecule has 0 fully saturated rings. The molecule has 1 heterocycles. The minimum Gasteiger partial charge on any atom is -0.492 e. The molecule has 1 amide bonds. The molecule has 0 radical (unpaired) electrons. The van der Waals surface area contributed by atoms with Crippen molar-refractivity contribution < 1.29 is 9.53 Å². The molecule has 0 bridgehead atoms. The minimum atomic E-state index is -0.0773. The second kappa shape index (κ2) is 6.44. The van der Waals surface area contributed by atoms with E-state index >= 15 is 0 Å². The Morgan fingerprint density at radius 1 is 1.32 bits per heavy atom. The van der Waals surface area contributed by atoms with Crippen molar-refractivity contribution in [2.45, 2.75) is 30.4 Å². The molecule has 22 heavy (non-hydrogen) atoms. The standard InChI is InChI=1S/C18H19NO2S/c1-3-21-15-7-5-4-6-14(15)19-18(20)17-11-13-9-8-12(2)10-16(13)22-17/h4-10,17H,3,11H2,1-2H3,(H,19,20). The number of fused-ring (bicyclic) bond motifs is 1. The van der Waals surface area contributed by atoms with Gasteiger partial charge in [-0.15, -0.1) is 11.8 Å². The van der Waals surface area contributed by atoms with Gasteiger partial charge in [-0.3, -0.25) is 4.79 Å². The van der Waals surface area contributed by atoms with Crippen molar-refractivity contribution in [3.63, 3.8) is 0 Å². The van der Waals surface area contributed by atoms with E-state index in [9.17, 15) is 4.79 Å². The molecule has 1 aliphatic heterocycles. The number of aryl methyl sites for hydroxylation is 1. The van der Waals surface area contributed by atoms with Crippen LogP contribution in [0, 0.1) is 6.92 Å². The molecule has 0 aliphatic carbocycles. The van der Waals surface area contributed by atoms with Crippen molar-refractivity contribution in [1.82, 2.24) is 0 Å². The zero-order valence-corrected chi connectivity index (χ0v) is 13.6. The van der Waals surface area contributed by atoms with Crippen LogP contribution in [0.2, 0.25) is 0 Å². The predicted octanol–water partition coefficient (Wildman–Crippen LogP) is 4.05. The van der Waals surface area contributed by atoms with Gasteiger partial charge in [-0.25, -0.2) is 0 Å². The van der Waals surface area contributed by atoms with Crippen molar-refractivity contribution in [3.05, 3.63) is 53.6 Å². The lowest BCUT2D eigenvalue weighted by atomic mass is 10.1. The maximum Gasteiger partial charge on any atom is 0.238 e. The van der Waals surface area contributed by atoms with Crippen LogP contribution in [0.3, 0.4) is 0 Å². The third kappa shape index (κ3) is 3.12. The molecular formula is C18H19NO2S. The van der Waals surface area contributed by atoms with E-state index in [2.05, 4.69) is 30.4 Å². The van der Waals surface area contributed by atoms with Gasteiger partial charge in [-0.2, -0.15) is 0 Å². The number of nitrogens with one attached hydrogen (secondary N) is 1. The number of hydrogen-bond acceptors (Lipinski definition) is 3. The summed E-state index contributed by atoms with van der Waals surface area (Å²) in [7, 11) is 0. The molecule has 1 unspecified atom stereocenters. The molecule has 1 N–H and O–H groups in total. The number of para-hydroxylation sites is 2. The van der Waals surface area contributed by atoms with Crippen LogP contribution in [0.5, 0.6) is 5.75 Å². The number of benzene rings is 2. The number of anilines is 1. The van der Waals surface area contributed by atoms with Crippen molar-refractivity contribution in [2.24, 2.45) is 0 Å². The fraction of sp³-hybridized carbons (Fsp3) is 0.278. The number of rotatable bonds is 4. The van der Waals surface area contributed by atoms with E-state index in [1.54, 1.807) is 11.8 Å². The number of carbonyl (C=O) groups excluding carboxylic acids is 1. The normalized spacial score (nSPS) is 16.2. The Hall–Kier alpha value is -1.94. The number of amides is 1. The van der Waals surface area contributed by atoms with E-state index in [1.165, 1.54) is 16.0 Å². The zero-order valence-electron chi connectivity index (χ0n) is 12.8. The summed E-state index contributed by atoms with van der Waals surface area (Å²) < 4.78 is 5.56. The molecule has 1 aliphatic rings. The van der Waals surface area contributed by atoms with Crippen molar-refractivity contribution in [3.8, 4) is 5.75 Å². The molecular weight excluding hydrogens is 294 g/mol. The van der Waals surface area contributed by atoms with Crippen LogP contribution < -0.4 is 10.1 Å². The zero-order chi connectivity index (χ0) is 15.5. The van der Waals surface area contributed by atoms with Crippen LogP contribution in [-0.4, -0.2) is 17.8 Å². The van der Waals surface area contributed by atoms with Gasteiger partial charge in [-0.05, 0) is 44.0 Å². The molecule has 4 heteroatoms. The fourth-order valence-electron chi connectivity index (χ4n) is 2.55. The smallest absolute Gasteiger partial charge is 0.238 e. The average Bonchev–Trinajstić information content (AvgIpc) is 2.92. The summed E-state index contributed by atoms with van der Waals surface area (Å²) in [5.41, 5.74) is 3.23. The molecule has 2 aromatic carbocycles. The first-order valence-electron chi connectivity index (χ1n) is 7.46. The highest BCUT2D eigenvalue weighted by Crippen LogP contribution is 2.38. The summed E-state index contributed by atoms with van der Waals surface area (Å²) in [5.74, 6) is 0.751. The lowest BCUT2D eigenvalue weighted by molar-refractivity contribution is -0.115. The summed E-state index contributed by atoms with van der Waals surface area (Å²) in [4.78, 5) is 13.8. The first-order valence-corrected chi connectivity index (χ1v) is 8.34. The topological polar surface area (TPSA) is 38.3 Å². The summed E-state index contributed by atoms with van der Waals surface area (Å²) in [6.07, 6.45) is 0.781. The van der Waals surface area contributed by atoms with Crippen LogP contribution >= 0.6 is 11.8 Å². The predicted molar refractivity (Wildman–Crippen MR) is 90.8 cm³/mol. The van der Waals surface area contributed by atoms with E-state index in [0.717, 1.165) is 17.9 Å². The first-order chi connectivity index (χ1) is 10.7. The van der Waals surface area contributed by atoms with Gasteiger partial charge in [0.1, 0.15) is 5.75 Å². The van der Waals surface area contributed by atoms with Gasteiger partial charge in [0, 0.05) is 4.90 Å². The maximum atomic E-state index is 12.5. The molecule has 0 saturated heterocycles. The van der Waals surface area contributed by atoms with E-state index in [-0.39, 0.29) is 11.2 Å². The second-order valence-corrected chi connectivity index (χ2v) is 6.58. The Labute approximate surface area is 135 Å². The Bertz CT molecular complexity index is 699. The highest BCUT2D eigenvalue weighted by atomic mass is 32.2. The van der Waals surface area contributed by atoms with Crippen LogP contribution in [0.1, 0.15) is 18.1 Å². The van der Waals surface area contributed by atoms with E-state index < -0.39 is 0 Å².